The Hall–Kier alpha value is -2.47. The van der Waals surface area contributed by atoms with Crippen molar-refractivity contribution in [3.63, 3.8) is 0 Å². The molecule has 0 bridgehead atoms. The van der Waals surface area contributed by atoms with E-state index in [1.54, 1.807) is 6.92 Å². The highest BCUT2D eigenvalue weighted by Crippen LogP contribution is 2.19. The maximum atomic E-state index is 10.4. The van der Waals surface area contributed by atoms with Gasteiger partial charge in [0.1, 0.15) is 0 Å². The Bertz CT molecular complexity index is 688. The van der Waals surface area contributed by atoms with Gasteiger partial charge >= 0.3 is 5.97 Å². The van der Waals surface area contributed by atoms with E-state index in [0.717, 1.165) is 6.42 Å². The van der Waals surface area contributed by atoms with Crippen LogP contribution in [-0.2, 0) is 12.8 Å². The van der Waals surface area contributed by atoms with Crippen LogP contribution in [-0.4, -0.2) is 27.1 Å². The molecule has 1 heterocycles. The van der Waals surface area contributed by atoms with Crippen LogP contribution in [0.25, 0.3) is 0 Å². The number of benzene rings is 1. The van der Waals surface area contributed by atoms with Gasteiger partial charge in [-0.25, -0.2) is 14.8 Å². The predicted molar refractivity (Wildman–Crippen MR) is 89.2 cm³/mol. The molecular formula is C17H22N4O2. The second-order valence-corrected chi connectivity index (χ2v) is 5.68. The predicted octanol–water partition coefficient (Wildman–Crippen LogP) is 1.96. The van der Waals surface area contributed by atoms with E-state index in [2.05, 4.69) is 34.2 Å². The number of nitrogens with zero attached hydrogens (tertiary/aromatic N) is 2. The number of aromatic nitrogens is 2. The third-order valence-electron chi connectivity index (χ3n) is 3.74. The molecule has 1 unspecified atom stereocenters. The molecule has 0 fully saturated rings. The number of carboxylic acids is 1. The van der Waals surface area contributed by atoms with E-state index in [-0.39, 0.29) is 11.5 Å². The first-order valence-electron chi connectivity index (χ1n) is 7.62. The highest BCUT2D eigenvalue weighted by molar-refractivity contribution is 5.90. The summed E-state index contributed by atoms with van der Waals surface area (Å²) in [5.41, 5.74) is 14.6. The van der Waals surface area contributed by atoms with Crippen LogP contribution in [0.4, 0.5) is 5.82 Å². The number of carbonyl (C=O) groups is 1. The number of aryl methyl sites for hydroxylation is 2. The molecular weight excluding hydrogens is 292 g/mol. The zero-order valence-corrected chi connectivity index (χ0v) is 13.2. The van der Waals surface area contributed by atoms with Crippen LogP contribution in [0.1, 0.15) is 40.2 Å². The molecule has 1 atom stereocenters. The van der Waals surface area contributed by atoms with Crippen molar-refractivity contribution in [2.75, 3.05) is 5.73 Å². The van der Waals surface area contributed by atoms with Crippen molar-refractivity contribution in [1.82, 2.24) is 9.97 Å². The molecule has 122 valence electrons. The van der Waals surface area contributed by atoms with Crippen molar-refractivity contribution < 1.29 is 9.90 Å². The van der Waals surface area contributed by atoms with Crippen LogP contribution < -0.4 is 11.5 Å². The molecule has 1 aromatic carbocycles. The molecule has 2 aromatic rings. The van der Waals surface area contributed by atoms with Crippen LogP contribution in [0.2, 0.25) is 0 Å². The first kappa shape index (κ1) is 16.9. The van der Waals surface area contributed by atoms with Crippen molar-refractivity contribution in [1.29, 1.82) is 0 Å². The molecule has 0 aliphatic heterocycles. The van der Waals surface area contributed by atoms with Crippen LogP contribution in [0.5, 0.6) is 0 Å². The summed E-state index contributed by atoms with van der Waals surface area (Å²) < 4.78 is 0. The number of hydrogen-bond acceptors (Lipinski definition) is 5. The number of fused-ring (bicyclic) bond motifs is 1. The number of anilines is 1. The average molecular weight is 314 g/mol. The molecule has 0 spiro atoms. The van der Waals surface area contributed by atoms with Crippen LogP contribution in [0.3, 0.4) is 0 Å². The lowest BCUT2D eigenvalue weighted by Gasteiger charge is -2.07. The van der Waals surface area contributed by atoms with Gasteiger partial charge in [0.25, 0.3) is 0 Å². The van der Waals surface area contributed by atoms with E-state index in [1.807, 2.05) is 0 Å². The maximum Gasteiger partial charge on any atom is 0.358 e. The second-order valence-electron chi connectivity index (χ2n) is 5.68. The number of nitrogen functional groups attached to an aromatic ring is 1. The number of carboxylic acid groups (broad SMARTS) is 1. The minimum atomic E-state index is -1.16. The van der Waals surface area contributed by atoms with Crippen molar-refractivity contribution >= 4 is 11.8 Å². The van der Waals surface area contributed by atoms with E-state index in [1.165, 1.54) is 36.6 Å². The molecule has 5 N–H and O–H groups in total. The summed E-state index contributed by atoms with van der Waals surface area (Å²) >= 11 is 0. The van der Waals surface area contributed by atoms with Gasteiger partial charge in [-0.05, 0) is 43.7 Å². The average Bonchev–Trinajstić information content (AvgIpc) is 2.68. The van der Waals surface area contributed by atoms with Crippen molar-refractivity contribution in [2.24, 2.45) is 5.73 Å². The van der Waals surface area contributed by atoms with Gasteiger partial charge in [0, 0.05) is 12.2 Å². The summed E-state index contributed by atoms with van der Waals surface area (Å²) in [7, 11) is 0. The van der Waals surface area contributed by atoms with Crippen LogP contribution in [0.15, 0.2) is 30.5 Å². The Kier molecular flexibility index (Phi) is 5.65. The molecule has 0 amide bonds. The Morgan fingerprint density at radius 2 is 2.00 bits per heavy atom. The highest BCUT2D eigenvalue weighted by atomic mass is 16.4. The molecule has 6 heteroatoms. The quantitative estimate of drug-likeness (QED) is 0.693. The normalized spacial score (nSPS) is 16.5. The van der Waals surface area contributed by atoms with Gasteiger partial charge in [-0.2, -0.15) is 0 Å². The topological polar surface area (TPSA) is 115 Å². The summed E-state index contributed by atoms with van der Waals surface area (Å²) in [5.74, 6) is -1.20. The van der Waals surface area contributed by atoms with Crippen molar-refractivity contribution in [3.05, 3.63) is 53.0 Å². The summed E-state index contributed by atoms with van der Waals surface area (Å²) in [6.45, 7) is 1.69. The number of nitrogens with two attached hydrogens (primary N) is 2. The first-order chi connectivity index (χ1) is 11.0. The van der Waals surface area contributed by atoms with Gasteiger partial charge in [0.05, 0.1) is 5.69 Å². The van der Waals surface area contributed by atoms with Crippen molar-refractivity contribution in [2.45, 2.75) is 38.6 Å². The van der Waals surface area contributed by atoms with E-state index >= 15 is 0 Å². The Morgan fingerprint density at radius 3 is 2.65 bits per heavy atom. The Morgan fingerprint density at radius 1 is 1.30 bits per heavy atom. The Labute approximate surface area is 135 Å². The number of hydrogen-bond donors (Lipinski definition) is 3. The van der Waals surface area contributed by atoms with Crippen LogP contribution >= 0.6 is 0 Å². The second kappa shape index (κ2) is 7.69. The molecule has 0 radical (unpaired) electrons. The van der Waals surface area contributed by atoms with Crippen LogP contribution in [0, 0.1) is 6.92 Å². The zero-order valence-electron chi connectivity index (χ0n) is 13.2. The molecule has 0 saturated heterocycles. The minimum Gasteiger partial charge on any atom is -0.476 e. The molecule has 1 aliphatic carbocycles. The largest absolute Gasteiger partial charge is 0.476 e. The molecule has 1 aliphatic rings. The molecule has 3 rings (SSSR count). The minimum absolute atomic E-state index is 0.0440. The standard InChI is InChI=1S/C11H15N.C6H7N3O2/c12-11-7-3-6-9-4-1-2-5-10(9)8-11;1-3-2-8-4(6(10)11)5(7)9-3/h1-2,4-5,11H,3,6-8,12H2;2H,1H3,(H2,7,9)(H,10,11). The van der Waals surface area contributed by atoms with E-state index < -0.39 is 5.97 Å². The summed E-state index contributed by atoms with van der Waals surface area (Å²) in [4.78, 5) is 17.7. The van der Waals surface area contributed by atoms with Gasteiger partial charge < -0.3 is 16.6 Å². The molecule has 23 heavy (non-hydrogen) atoms. The first-order valence-corrected chi connectivity index (χ1v) is 7.62. The third kappa shape index (κ3) is 4.75. The van der Waals surface area contributed by atoms with Gasteiger partial charge in [-0.15, -0.1) is 0 Å². The number of aromatic carboxylic acids is 1. The maximum absolute atomic E-state index is 10.4. The van der Waals surface area contributed by atoms with Gasteiger partial charge in [-0.1, -0.05) is 24.3 Å². The van der Waals surface area contributed by atoms with Crippen molar-refractivity contribution in [3.8, 4) is 0 Å². The smallest absolute Gasteiger partial charge is 0.358 e. The summed E-state index contributed by atoms with van der Waals surface area (Å²) in [5, 5.41) is 8.47. The third-order valence-corrected chi connectivity index (χ3v) is 3.74. The summed E-state index contributed by atoms with van der Waals surface area (Å²) in [6.07, 6.45) is 6.06. The lowest BCUT2D eigenvalue weighted by atomic mass is 10.0. The van der Waals surface area contributed by atoms with E-state index in [4.69, 9.17) is 16.6 Å². The molecule has 0 saturated carbocycles. The molecule has 1 aromatic heterocycles. The van der Waals surface area contributed by atoms with Gasteiger partial charge in [-0.3, -0.25) is 0 Å². The fourth-order valence-electron chi connectivity index (χ4n) is 2.60. The zero-order chi connectivity index (χ0) is 16.8. The van der Waals surface area contributed by atoms with E-state index in [0.29, 0.717) is 11.7 Å². The monoisotopic (exact) mass is 314 g/mol. The SMILES string of the molecule is Cc1cnc(C(=O)O)c(N)n1.NC1CCCc2ccccc2C1. The fourth-order valence-corrected chi connectivity index (χ4v) is 2.60. The molecule has 6 nitrogen and oxygen atoms in total. The Balaban J connectivity index is 0.000000168. The lowest BCUT2D eigenvalue weighted by molar-refractivity contribution is 0.0691. The van der Waals surface area contributed by atoms with Gasteiger partial charge in [0.15, 0.2) is 11.5 Å². The summed E-state index contributed by atoms with van der Waals surface area (Å²) in [6, 6.07) is 9.05. The number of rotatable bonds is 1. The fraction of sp³-hybridized carbons (Fsp3) is 0.353. The van der Waals surface area contributed by atoms with Gasteiger partial charge in [0.2, 0.25) is 0 Å². The highest BCUT2D eigenvalue weighted by Gasteiger charge is 2.12. The van der Waals surface area contributed by atoms with E-state index in [9.17, 15) is 4.79 Å². The lowest BCUT2D eigenvalue weighted by Crippen LogP contribution is -2.21.